The maximum absolute atomic E-state index is 12.9. The molecule has 0 bridgehead atoms. The Morgan fingerprint density at radius 3 is 2.69 bits per heavy atom. The fourth-order valence-corrected chi connectivity index (χ4v) is 2.57. The van der Waals surface area contributed by atoms with Crippen LogP contribution in [0.25, 0.3) is 5.69 Å². The van der Waals surface area contributed by atoms with Crippen molar-refractivity contribution in [3.05, 3.63) is 69.8 Å². The number of hydrogen-bond acceptors (Lipinski definition) is 6. The Morgan fingerprint density at radius 1 is 1.23 bits per heavy atom. The molecule has 0 unspecified atom stereocenters. The Hall–Kier alpha value is -3.42. The van der Waals surface area contributed by atoms with E-state index in [9.17, 15) is 9.59 Å². The summed E-state index contributed by atoms with van der Waals surface area (Å²) in [5.41, 5.74) is 0.741. The maximum Gasteiger partial charge on any atom is 0.268 e. The number of nitrogens with zero attached hydrogens (tertiary/aromatic N) is 3. The second-order valence-electron chi connectivity index (χ2n) is 5.62. The van der Waals surface area contributed by atoms with Crippen LogP contribution in [0, 0.1) is 13.8 Å². The molecule has 0 radical (unpaired) electrons. The highest BCUT2D eigenvalue weighted by molar-refractivity contribution is 5.95. The van der Waals surface area contributed by atoms with E-state index in [1.54, 1.807) is 44.3 Å². The zero-order valence-electron chi connectivity index (χ0n) is 14.6. The van der Waals surface area contributed by atoms with Gasteiger partial charge in [0, 0.05) is 13.1 Å². The number of aryl methyl sites for hydroxylation is 2. The molecule has 0 fully saturated rings. The second-order valence-corrected chi connectivity index (χ2v) is 5.62. The summed E-state index contributed by atoms with van der Waals surface area (Å²) >= 11 is 0. The van der Waals surface area contributed by atoms with Crippen molar-refractivity contribution in [2.24, 2.45) is 0 Å². The molecule has 0 aliphatic rings. The summed E-state index contributed by atoms with van der Waals surface area (Å²) < 4.78 is 11.9. The molecule has 0 spiro atoms. The van der Waals surface area contributed by atoms with Gasteiger partial charge in [-0.15, -0.1) is 10.2 Å². The number of pyridine rings is 1. The number of para-hydroxylation sites is 2. The van der Waals surface area contributed by atoms with Crippen LogP contribution in [-0.2, 0) is 6.54 Å². The summed E-state index contributed by atoms with van der Waals surface area (Å²) in [5.74, 6) is 0.705. The van der Waals surface area contributed by atoms with E-state index in [2.05, 4.69) is 15.5 Å². The lowest BCUT2D eigenvalue weighted by molar-refractivity contribution is 0.0944. The van der Waals surface area contributed by atoms with Crippen LogP contribution >= 0.6 is 0 Å². The average molecular weight is 354 g/mol. The average Bonchev–Trinajstić information content (AvgIpc) is 3.05. The Labute approximate surface area is 149 Å². The van der Waals surface area contributed by atoms with E-state index >= 15 is 0 Å². The van der Waals surface area contributed by atoms with Gasteiger partial charge < -0.3 is 14.5 Å². The SMILES string of the molecule is COc1ccccc1-n1ccc(C)c(C(=O)NCc2nnc(C)o2)c1=O. The highest BCUT2D eigenvalue weighted by Crippen LogP contribution is 2.21. The lowest BCUT2D eigenvalue weighted by Crippen LogP contribution is -2.33. The van der Waals surface area contributed by atoms with Gasteiger partial charge in [0.05, 0.1) is 19.3 Å². The van der Waals surface area contributed by atoms with Crippen LogP contribution in [0.15, 0.2) is 45.7 Å². The molecule has 26 heavy (non-hydrogen) atoms. The van der Waals surface area contributed by atoms with Gasteiger partial charge in [-0.2, -0.15) is 0 Å². The first kappa shape index (κ1) is 17.4. The molecule has 0 saturated heterocycles. The number of nitrogens with one attached hydrogen (secondary N) is 1. The Kier molecular flexibility index (Phi) is 4.83. The second kappa shape index (κ2) is 7.22. The van der Waals surface area contributed by atoms with Gasteiger partial charge in [0.15, 0.2) is 0 Å². The minimum atomic E-state index is -0.507. The van der Waals surface area contributed by atoms with Crippen molar-refractivity contribution in [1.29, 1.82) is 0 Å². The molecule has 0 atom stereocenters. The normalized spacial score (nSPS) is 10.6. The van der Waals surface area contributed by atoms with Crippen molar-refractivity contribution in [1.82, 2.24) is 20.1 Å². The van der Waals surface area contributed by atoms with Gasteiger partial charge in [-0.1, -0.05) is 12.1 Å². The third-order valence-electron chi connectivity index (χ3n) is 3.84. The summed E-state index contributed by atoms with van der Waals surface area (Å²) in [7, 11) is 1.53. The number of carbonyl (C=O) groups is 1. The molecule has 8 nitrogen and oxygen atoms in total. The minimum Gasteiger partial charge on any atom is -0.495 e. The monoisotopic (exact) mass is 354 g/mol. The predicted molar refractivity (Wildman–Crippen MR) is 93.5 cm³/mol. The van der Waals surface area contributed by atoms with Crippen LogP contribution in [0.4, 0.5) is 0 Å². The molecule has 1 aromatic carbocycles. The topological polar surface area (TPSA) is 99.2 Å². The van der Waals surface area contributed by atoms with Crippen molar-refractivity contribution in [2.75, 3.05) is 7.11 Å². The lowest BCUT2D eigenvalue weighted by atomic mass is 10.1. The van der Waals surface area contributed by atoms with Gasteiger partial charge in [-0.25, -0.2) is 0 Å². The van der Waals surface area contributed by atoms with Crippen LogP contribution in [-0.4, -0.2) is 27.8 Å². The molecule has 8 heteroatoms. The fourth-order valence-electron chi connectivity index (χ4n) is 2.57. The van der Waals surface area contributed by atoms with Gasteiger partial charge in [0.2, 0.25) is 11.8 Å². The highest BCUT2D eigenvalue weighted by Gasteiger charge is 2.18. The zero-order chi connectivity index (χ0) is 18.7. The van der Waals surface area contributed by atoms with Crippen molar-refractivity contribution in [2.45, 2.75) is 20.4 Å². The van der Waals surface area contributed by atoms with Crippen LogP contribution in [0.3, 0.4) is 0 Å². The molecule has 2 aromatic heterocycles. The number of methoxy groups -OCH3 is 1. The van der Waals surface area contributed by atoms with Crippen LogP contribution in [0.2, 0.25) is 0 Å². The third kappa shape index (κ3) is 3.34. The molecule has 0 aliphatic carbocycles. The molecule has 1 amide bonds. The Balaban J connectivity index is 1.94. The maximum atomic E-state index is 12.9. The van der Waals surface area contributed by atoms with Gasteiger partial charge in [-0.3, -0.25) is 14.2 Å². The summed E-state index contributed by atoms with van der Waals surface area (Å²) in [6.07, 6.45) is 1.62. The largest absolute Gasteiger partial charge is 0.495 e. The van der Waals surface area contributed by atoms with E-state index in [-0.39, 0.29) is 18.0 Å². The van der Waals surface area contributed by atoms with E-state index in [1.165, 1.54) is 11.7 Å². The number of aromatic nitrogens is 3. The molecule has 2 heterocycles. The highest BCUT2D eigenvalue weighted by atomic mass is 16.5. The van der Waals surface area contributed by atoms with Crippen LogP contribution in [0.5, 0.6) is 5.75 Å². The third-order valence-corrected chi connectivity index (χ3v) is 3.84. The van der Waals surface area contributed by atoms with E-state index in [1.807, 2.05) is 6.07 Å². The van der Waals surface area contributed by atoms with Crippen LogP contribution in [0.1, 0.15) is 27.7 Å². The quantitative estimate of drug-likeness (QED) is 0.750. The van der Waals surface area contributed by atoms with Gasteiger partial charge in [0.1, 0.15) is 11.3 Å². The fraction of sp³-hybridized carbons (Fsp3) is 0.222. The van der Waals surface area contributed by atoms with E-state index in [0.717, 1.165) is 0 Å². The van der Waals surface area contributed by atoms with Crippen molar-refractivity contribution in [3.63, 3.8) is 0 Å². The van der Waals surface area contributed by atoms with Crippen LogP contribution < -0.4 is 15.6 Å². The van der Waals surface area contributed by atoms with Gasteiger partial charge in [0.25, 0.3) is 11.5 Å². The number of benzene rings is 1. The number of carbonyl (C=O) groups excluding carboxylic acids is 1. The van der Waals surface area contributed by atoms with E-state index in [0.29, 0.717) is 22.9 Å². The first-order valence-corrected chi connectivity index (χ1v) is 7.94. The van der Waals surface area contributed by atoms with E-state index < -0.39 is 11.5 Å². The molecule has 3 rings (SSSR count). The molecule has 0 saturated carbocycles. The van der Waals surface area contributed by atoms with Crippen molar-refractivity contribution >= 4 is 5.91 Å². The first-order chi connectivity index (χ1) is 12.5. The lowest BCUT2D eigenvalue weighted by Gasteiger charge is -2.13. The predicted octanol–water partition coefficient (Wildman–Crippen LogP) is 1.78. The molecular formula is C18H18N4O4. The van der Waals surface area contributed by atoms with Gasteiger partial charge >= 0.3 is 0 Å². The Morgan fingerprint density at radius 2 is 2.00 bits per heavy atom. The Bertz CT molecular complexity index is 1010. The van der Waals surface area contributed by atoms with Crippen molar-refractivity contribution in [3.8, 4) is 11.4 Å². The number of rotatable bonds is 5. The summed E-state index contributed by atoms with van der Waals surface area (Å²) in [6.45, 7) is 3.41. The van der Waals surface area contributed by atoms with Gasteiger partial charge in [-0.05, 0) is 30.7 Å². The summed E-state index contributed by atoms with van der Waals surface area (Å²) in [5, 5.41) is 10.1. The molecule has 3 aromatic rings. The molecule has 0 aliphatic heterocycles. The standard InChI is InChI=1S/C18H18N4O4/c1-11-8-9-22(13-6-4-5-7-14(13)25-3)18(24)16(11)17(23)19-10-15-21-20-12(2)26-15/h4-9H,10H2,1-3H3,(H,19,23). The first-order valence-electron chi connectivity index (χ1n) is 7.94. The minimum absolute atomic E-state index is 0.0438. The summed E-state index contributed by atoms with van der Waals surface area (Å²) in [4.78, 5) is 25.5. The zero-order valence-corrected chi connectivity index (χ0v) is 14.6. The number of hydrogen-bond donors (Lipinski definition) is 1. The van der Waals surface area contributed by atoms with Crippen molar-refractivity contribution < 1.29 is 13.9 Å². The number of amides is 1. The molecule has 1 N–H and O–H groups in total. The summed E-state index contributed by atoms with van der Waals surface area (Å²) in [6, 6.07) is 8.81. The number of ether oxygens (including phenoxy) is 1. The molecular weight excluding hydrogens is 336 g/mol. The van der Waals surface area contributed by atoms with E-state index in [4.69, 9.17) is 9.15 Å². The smallest absolute Gasteiger partial charge is 0.268 e. The molecule has 134 valence electrons.